The Bertz CT molecular complexity index is 623. The van der Waals surface area contributed by atoms with Crippen LogP contribution in [0.4, 0.5) is 5.13 Å². The van der Waals surface area contributed by atoms with E-state index in [2.05, 4.69) is 22.4 Å². The fourth-order valence-corrected chi connectivity index (χ4v) is 3.60. The maximum Gasteiger partial charge on any atom is 0.244 e. The van der Waals surface area contributed by atoms with Crippen molar-refractivity contribution in [2.75, 3.05) is 25.5 Å². The van der Waals surface area contributed by atoms with Gasteiger partial charge in [0.15, 0.2) is 5.13 Å². The summed E-state index contributed by atoms with van der Waals surface area (Å²) in [5, 5.41) is 3.02. The third-order valence-electron chi connectivity index (χ3n) is 3.79. The Morgan fingerprint density at radius 3 is 2.81 bits per heavy atom. The predicted octanol–water partition coefficient (Wildman–Crippen LogP) is 2.87. The third kappa shape index (κ3) is 2.78. The van der Waals surface area contributed by atoms with E-state index in [1.807, 2.05) is 32.3 Å². The first-order chi connectivity index (χ1) is 10.2. The molecule has 1 fully saturated rings. The van der Waals surface area contributed by atoms with Crippen LogP contribution in [0.2, 0.25) is 0 Å². The highest BCUT2D eigenvalue weighted by Crippen LogP contribution is 2.32. The standard InChI is InChI=1S/C16H19N3OS/c1-18(2)15(20)14-9-6-10-19(14)16-17-13(11-21-16)12-7-4-3-5-8-12/h3-5,7-8,11,14H,6,9-10H2,1-2H3. The maximum atomic E-state index is 12.3. The summed E-state index contributed by atoms with van der Waals surface area (Å²) >= 11 is 1.62. The number of carbonyl (C=O) groups excluding carboxylic acids is 1. The summed E-state index contributed by atoms with van der Waals surface area (Å²) in [6.07, 6.45) is 1.96. The van der Waals surface area contributed by atoms with Gasteiger partial charge in [0.05, 0.1) is 5.69 Å². The molecule has 21 heavy (non-hydrogen) atoms. The van der Waals surface area contributed by atoms with Crippen molar-refractivity contribution in [3.63, 3.8) is 0 Å². The monoisotopic (exact) mass is 301 g/mol. The molecule has 0 aliphatic carbocycles. The van der Waals surface area contributed by atoms with Crippen LogP contribution >= 0.6 is 11.3 Å². The first-order valence-electron chi connectivity index (χ1n) is 7.15. The summed E-state index contributed by atoms with van der Waals surface area (Å²) in [6.45, 7) is 0.909. The molecule has 1 atom stereocenters. The van der Waals surface area contributed by atoms with Crippen LogP contribution in [0.1, 0.15) is 12.8 Å². The average molecular weight is 301 g/mol. The summed E-state index contributed by atoms with van der Waals surface area (Å²) in [4.78, 5) is 20.8. The Morgan fingerprint density at radius 1 is 1.33 bits per heavy atom. The van der Waals surface area contributed by atoms with E-state index in [0.717, 1.165) is 35.8 Å². The van der Waals surface area contributed by atoms with Crippen LogP contribution in [0.15, 0.2) is 35.7 Å². The number of hydrogen-bond acceptors (Lipinski definition) is 4. The topological polar surface area (TPSA) is 36.4 Å². The Labute approximate surface area is 129 Å². The van der Waals surface area contributed by atoms with Crippen LogP contribution in [-0.2, 0) is 4.79 Å². The van der Waals surface area contributed by atoms with Gasteiger partial charge in [0.1, 0.15) is 6.04 Å². The van der Waals surface area contributed by atoms with Gasteiger partial charge in [-0.1, -0.05) is 30.3 Å². The molecular formula is C16H19N3OS. The minimum absolute atomic E-state index is 0.0604. The zero-order chi connectivity index (χ0) is 14.8. The van der Waals surface area contributed by atoms with Crippen LogP contribution in [0.5, 0.6) is 0 Å². The molecule has 1 saturated heterocycles. The van der Waals surface area contributed by atoms with E-state index in [4.69, 9.17) is 4.98 Å². The molecule has 0 spiro atoms. The van der Waals surface area contributed by atoms with Crippen molar-refractivity contribution in [3.05, 3.63) is 35.7 Å². The molecule has 1 aliphatic rings. The number of carbonyl (C=O) groups is 1. The average Bonchev–Trinajstić information content (AvgIpc) is 3.16. The molecule has 1 aliphatic heterocycles. The summed E-state index contributed by atoms with van der Waals surface area (Å²) < 4.78 is 0. The van der Waals surface area contributed by atoms with Crippen LogP contribution in [0.3, 0.4) is 0 Å². The van der Waals surface area contributed by atoms with E-state index in [1.54, 1.807) is 16.2 Å². The van der Waals surface area contributed by atoms with Gasteiger partial charge in [0, 0.05) is 31.6 Å². The van der Waals surface area contributed by atoms with E-state index in [9.17, 15) is 4.79 Å². The van der Waals surface area contributed by atoms with Crippen molar-refractivity contribution in [1.29, 1.82) is 0 Å². The third-order valence-corrected chi connectivity index (χ3v) is 4.66. The number of benzene rings is 1. The van der Waals surface area contributed by atoms with Crippen LogP contribution in [-0.4, -0.2) is 42.5 Å². The van der Waals surface area contributed by atoms with Crippen LogP contribution in [0.25, 0.3) is 11.3 Å². The molecule has 1 amide bonds. The predicted molar refractivity (Wildman–Crippen MR) is 86.6 cm³/mol. The number of rotatable bonds is 3. The molecule has 1 aromatic heterocycles. The normalized spacial score (nSPS) is 18.0. The van der Waals surface area contributed by atoms with Gasteiger partial charge >= 0.3 is 0 Å². The molecule has 5 heteroatoms. The molecule has 4 nitrogen and oxygen atoms in total. The second-order valence-corrected chi connectivity index (χ2v) is 6.30. The number of hydrogen-bond donors (Lipinski definition) is 0. The molecule has 1 aromatic carbocycles. The Kier molecular flexibility index (Phi) is 3.92. The van der Waals surface area contributed by atoms with Crippen molar-refractivity contribution in [1.82, 2.24) is 9.88 Å². The van der Waals surface area contributed by atoms with Crippen molar-refractivity contribution in [3.8, 4) is 11.3 Å². The van der Waals surface area contributed by atoms with Crippen LogP contribution < -0.4 is 4.90 Å². The van der Waals surface area contributed by atoms with Gasteiger partial charge in [-0.15, -0.1) is 11.3 Å². The smallest absolute Gasteiger partial charge is 0.244 e. The van der Waals surface area contributed by atoms with Gasteiger partial charge in [0.2, 0.25) is 5.91 Å². The van der Waals surface area contributed by atoms with Crippen molar-refractivity contribution in [2.45, 2.75) is 18.9 Å². The zero-order valence-corrected chi connectivity index (χ0v) is 13.1. The lowest BCUT2D eigenvalue weighted by Gasteiger charge is -2.25. The molecule has 0 bridgehead atoms. The molecule has 1 unspecified atom stereocenters. The molecule has 0 radical (unpaired) electrons. The van der Waals surface area contributed by atoms with Gasteiger partial charge in [-0.05, 0) is 12.8 Å². The molecule has 2 aromatic rings. The molecule has 110 valence electrons. The second-order valence-electron chi connectivity index (χ2n) is 5.47. The number of anilines is 1. The van der Waals surface area contributed by atoms with Crippen molar-refractivity contribution < 1.29 is 4.79 Å². The fraction of sp³-hybridized carbons (Fsp3) is 0.375. The van der Waals surface area contributed by atoms with Gasteiger partial charge in [-0.3, -0.25) is 4.79 Å². The minimum atomic E-state index is -0.0604. The lowest BCUT2D eigenvalue weighted by Crippen LogP contribution is -2.42. The number of nitrogens with zero attached hydrogens (tertiary/aromatic N) is 3. The molecule has 2 heterocycles. The van der Waals surface area contributed by atoms with E-state index < -0.39 is 0 Å². The minimum Gasteiger partial charge on any atom is -0.347 e. The second kappa shape index (κ2) is 5.85. The Balaban J connectivity index is 1.84. The number of thiazole rings is 1. The number of aromatic nitrogens is 1. The quantitative estimate of drug-likeness (QED) is 0.874. The van der Waals surface area contributed by atoms with E-state index in [0.29, 0.717) is 0 Å². The molecule has 3 rings (SSSR count). The van der Waals surface area contributed by atoms with Gasteiger partial charge in [0.25, 0.3) is 0 Å². The molecule has 0 saturated carbocycles. The number of amides is 1. The highest BCUT2D eigenvalue weighted by Gasteiger charge is 2.33. The zero-order valence-electron chi connectivity index (χ0n) is 12.3. The molecular weight excluding hydrogens is 282 g/mol. The molecule has 0 N–H and O–H groups in total. The van der Waals surface area contributed by atoms with Crippen molar-refractivity contribution in [2.24, 2.45) is 0 Å². The highest BCUT2D eigenvalue weighted by molar-refractivity contribution is 7.14. The van der Waals surface area contributed by atoms with Gasteiger partial charge in [-0.2, -0.15) is 0 Å². The summed E-state index contributed by atoms with van der Waals surface area (Å²) in [5.74, 6) is 0.170. The fourth-order valence-electron chi connectivity index (χ4n) is 2.69. The van der Waals surface area contributed by atoms with E-state index in [1.165, 1.54) is 0 Å². The first-order valence-corrected chi connectivity index (χ1v) is 8.03. The lowest BCUT2D eigenvalue weighted by atomic mass is 10.2. The van der Waals surface area contributed by atoms with Gasteiger partial charge in [-0.25, -0.2) is 4.98 Å². The lowest BCUT2D eigenvalue weighted by molar-refractivity contribution is -0.129. The van der Waals surface area contributed by atoms with Crippen LogP contribution in [0, 0.1) is 0 Å². The summed E-state index contributed by atoms with van der Waals surface area (Å²) in [7, 11) is 3.63. The Hall–Kier alpha value is -1.88. The highest BCUT2D eigenvalue weighted by atomic mass is 32.1. The van der Waals surface area contributed by atoms with Crippen molar-refractivity contribution >= 4 is 22.4 Å². The van der Waals surface area contributed by atoms with E-state index in [-0.39, 0.29) is 11.9 Å². The Morgan fingerprint density at radius 2 is 2.10 bits per heavy atom. The SMILES string of the molecule is CN(C)C(=O)C1CCCN1c1nc(-c2ccccc2)cs1. The first kappa shape index (κ1) is 14.1. The largest absolute Gasteiger partial charge is 0.347 e. The van der Waals surface area contributed by atoms with Gasteiger partial charge < -0.3 is 9.80 Å². The number of likely N-dealkylation sites (N-methyl/N-ethyl adjacent to an activating group) is 1. The summed E-state index contributed by atoms with van der Waals surface area (Å²) in [6, 6.07) is 10.1. The van der Waals surface area contributed by atoms with E-state index >= 15 is 0 Å². The summed E-state index contributed by atoms with van der Waals surface area (Å²) in [5.41, 5.74) is 2.10. The maximum absolute atomic E-state index is 12.3.